The van der Waals surface area contributed by atoms with E-state index in [-0.39, 0.29) is 28.7 Å². The lowest BCUT2D eigenvalue weighted by molar-refractivity contribution is -0.119. The van der Waals surface area contributed by atoms with Gasteiger partial charge in [-0.2, -0.15) is 0 Å². The monoisotopic (exact) mass is 432 g/mol. The molecule has 0 radical (unpaired) electrons. The van der Waals surface area contributed by atoms with E-state index in [4.69, 9.17) is 0 Å². The van der Waals surface area contributed by atoms with E-state index in [9.17, 15) is 18.4 Å². The topological polar surface area (TPSA) is 76.9 Å². The molecule has 9 heteroatoms. The van der Waals surface area contributed by atoms with Gasteiger partial charge in [0.25, 0.3) is 5.56 Å². The van der Waals surface area contributed by atoms with Gasteiger partial charge in [-0.25, -0.2) is 18.7 Å². The summed E-state index contributed by atoms with van der Waals surface area (Å²) in [6.45, 7) is 6.05. The van der Waals surface area contributed by atoms with Crippen LogP contribution in [-0.2, 0) is 11.3 Å². The van der Waals surface area contributed by atoms with Crippen molar-refractivity contribution in [1.82, 2.24) is 19.9 Å². The number of nitrogens with zero attached hydrogens (tertiary/aromatic N) is 3. The van der Waals surface area contributed by atoms with Crippen LogP contribution >= 0.6 is 11.8 Å². The molecule has 3 aromatic rings. The normalized spacial score (nSPS) is 12.3. The minimum Gasteiger partial charge on any atom is -0.349 e. The summed E-state index contributed by atoms with van der Waals surface area (Å²) in [5, 5.41) is 3.51. The number of fused-ring (bicyclic) bond motifs is 1. The molecule has 0 saturated heterocycles. The largest absolute Gasteiger partial charge is 0.349 e. The summed E-state index contributed by atoms with van der Waals surface area (Å²) < 4.78 is 28.6. The molecule has 6 nitrogen and oxygen atoms in total. The number of hydrogen-bond acceptors (Lipinski definition) is 5. The van der Waals surface area contributed by atoms with E-state index in [0.29, 0.717) is 22.7 Å². The number of nitrogens with one attached hydrogen (secondary N) is 1. The summed E-state index contributed by atoms with van der Waals surface area (Å²) in [5.74, 6) is -1.57. The number of hydrogen-bond donors (Lipinski definition) is 1. The van der Waals surface area contributed by atoms with Crippen molar-refractivity contribution in [2.24, 2.45) is 5.92 Å². The summed E-state index contributed by atoms with van der Waals surface area (Å²) in [5.41, 5.74) is 0.318. The molecule has 0 spiro atoms. The first-order valence-electron chi connectivity index (χ1n) is 9.49. The van der Waals surface area contributed by atoms with Gasteiger partial charge >= 0.3 is 0 Å². The molecule has 0 aliphatic heterocycles. The van der Waals surface area contributed by atoms with Gasteiger partial charge in [0.2, 0.25) is 5.91 Å². The number of carbonyl (C=O) groups is 1. The summed E-state index contributed by atoms with van der Waals surface area (Å²) in [6.07, 6.45) is 1.56. The maximum Gasteiger partial charge on any atom is 0.263 e. The fourth-order valence-electron chi connectivity index (χ4n) is 3.02. The average Bonchev–Trinajstić information content (AvgIpc) is 2.68. The Morgan fingerprint density at radius 1 is 1.23 bits per heavy atom. The van der Waals surface area contributed by atoms with Crippen molar-refractivity contribution in [1.29, 1.82) is 0 Å². The zero-order valence-electron chi connectivity index (χ0n) is 16.9. The predicted molar refractivity (Wildman–Crippen MR) is 112 cm³/mol. The highest BCUT2D eigenvalue weighted by molar-refractivity contribution is 7.99. The highest BCUT2D eigenvalue weighted by Gasteiger charge is 2.17. The van der Waals surface area contributed by atoms with Crippen molar-refractivity contribution in [2.75, 3.05) is 5.75 Å². The lowest BCUT2D eigenvalue weighted by Gasteiger charge is -2.16. The molecule has 0 unspecified atom stereocenters. The molecule has 0 saturated carbocycles. The van der Waals surface area contributed by atoms with Crippen LogP contribution in [0.2, 0.25) is 0 Å². The second-order valence-corrected chi connectivity index (χ2v) is 8.26. The van der Waals surface area contributed by atoms with Gasteiger partial charge in [-0.15, -0.1) is 0 Å². The lowest BCUT2D eigenvalue weighted by Crippen LogP contribution is -2.30. The molecule has 0 aliphatic rings. The molecule has 0 fully saturated rings. The van der Waals surface area contributed by atoms with Crippen LogP contribution in [-0.4, -0.2) is 26.2 Å². The Morgan fingerprint density at radius 3 is 2.70 bits per heavy atom. The molecule has 1 N–H and O–H groups in total. The highest BCUT2D eigenvalue weighted by atomic mass is 32.2. The highest BCUT2D eigenvalue weighted by Crippen LogP contribution is 2.20. The first kappa shape index (κ1) is 21.9. The van der Waals surface area contributed by atoms with Gasteiger partial charge in [-0.1, -0.05) is 31.7 Å². The fourth-order valence-corrected chi connectivity index (χ4v) is 3.82. The van der Waals surface area contributed by atoms with Crippen LogP contribution in [0.1, 0.15) is 32.4 Å². The Bertz CT molecular complexity index is 1130. The number of carbonyl (C=O) groups excluding carboxylic acids is 1. The van der Waals surface area contributed by atoms with Crippen molar-refractivity contribution in [2.45, 2.75) is 38.5 Å². The first-order chi connectivity index (χ1) is 14.3. The van der Waals surface area contributed by atoms with Gasteiger partial charge < -0.3 is 5.32 Å². The third-order valence-corrected chi connectivity index (χ3v) is 5.36. The Kier molecular flexibility index (Phi) is 6.81. The molecule has 2 heterocycles. The van der Waals surface area contributed by atoms with Crippen LogP contribution in [0.4, 0.5) is 8.78 Å². The number of benzene rings is 1. The van der Waals surface area contributed by atoms with E-state index < -0.39 is 17.7 Å². The van der Waals surface area contributed by atoms with Gasteiger partial charge in [-0.05, 0) is 31.0 Å². The molecule has 0 bridgehead atoms. The molecule has 30 heavy (non-hydrogen) atoms. The van der Waals surface area contributed by atoms with Crippen LogP contribution in [0.25, 0.3) is 11.0 Å². The maximum absolute atomic E-state index is 13.9. The van der Waals surface area contributed by atoms with Crippen LogP contribution < -0.4 is 10.9 Å². The Hall–Kier alpha value is -2.81. The van der Waals surface area contributed by atoms with E-state index in [1.807, 2.05) is 13.8 Å². The average molecular weight is 432 g/mol. The van der Waals surface area contributed by atoms with Crippen molar-refractivity contribution in [3.8, 4) is 0 Å². The van der Waals surface area contributed by atoms with Crippen molar-refractivity contribution in [3.05, 3.63) is 64.1 Å². The molecule has 1 amide bonds. The minimum atomic E-state index is -0.719. The molecule has 3 rings (SSSR count). The third-order valence-electron chi connectivity index (χ3n) is 4.38. The smallest absolute Gasteiger partial charge is 0.263 e. The number of aromatic nitrogens is 3. The number of thioether (sulfide) groups is 1. The van der Waals surface area contributed by atoms with Crippen LogP contribution in [0.3, 0.4) is 0 Å². The van der Waals surface area contributed by atoms with Gasteiger partial charge in [0.05, 0.1) is 17.2 Å². The zero-order valence-corrected chi connectivity index (χ0v) is 17.7. The Labute approximate surface area is 176 Å². The van der Waals surface area contributed by atoms with Gasteiger partial charge in [-0.3, -0.25) is 14.2 Å². The lowest BCUT2D eigenvalue weighted by atomic mass is 10.1. The molecular weight excluding hydrogens is 410 g/mol. The first-order valence-corrected chi connectivity index (χ1v) is 10.5. The Morgan fingerprint density at radius 2 is 2.00 bits per heavy atom. The molecule has 0 aliphatic carbocycles. The van der Waals surface area contributed by atoms with Gasteiger partial charge in [0.15, 0.2) is 10.8 Å². The molecule has 1 aromatic carbocycles. The second-order valence-electron chi connectivity index (χ2n) is 7.32. The van der Waals surface area contributed by atoms with Crippen molar-refractivity contribution >= 4 is 28.7 Å². The minimum absolute atomic E-state index is 0.0178. The summed E-state index contributed by atoms with van der Waals surface area (Å²) >= 11 is 1.12. The molecule has 158 valence electrons. The molecular formula is C21H22F2N4O2S. The number of halogens is 2. The molecule has 2 aromatic heterocycles. The van der Waals surface area contributed by atoms with E-state index >= 15 is 0 Å². The summed E-state index contributed by atoms with van der Waals surface area (Å²) in [6, 6.07) is 5.95. The van der Waals surface area contributed by atoms with Crippen molar-refractivity contribution < 1.29 is 13.6 Å². The third kappa shape index (κ3) is 5.02. The van der Waals surface area contributed by atoms with E-state index in [1.54, 1.807) is 29.8 Å². The molecule has 1 atom stereocenters. The second kappa shape index (κ2) is 9.34. The van der Waals surface area contributed by atoms with E-state index in [2.05, 4.69) is 15.3 Å². The zero-order chi connectivity index (χ0) is 21.8. The standard InChI is InChI=1S/C21H22F2N4O2S/c1-12(2)10-27-20(29)16-5-4-8-24-19(16)26-21(27)30-11-18(28)25-13(3)15-7-6-14(22)9-17(15)23/h4-9,12-13H,10-11H2,1-3H3,(H,25,28)/t13-/m1/s1. The van der Waals surface area contributed by atoms with Crippen LogP contribution in [0.5, 0.6) is 0 Å². The summed E-state index contributed by atoms with van der Waals surface area (Å²) in [7, 11) is 0. The van der Waals surface area contributed by atoms with E-state index in [1.165, 1.54) is 6.07 Å². The van der Waals surface area contributed by atoms with E-state index in [0.717, 1.165) is 23.9 Å². The van der Waals surface area contributed by atoms with Gasteiger partial charge in [0, 0.05) is 24.4 Å². The quantitative estimate of drug-likeness (QED) is 0.455. The fraction of sp³-hybridized carbons (Fsp3) is 0.333. The number of rotatable bonds is 7. The SMILES string of the molecule is CC(C)Cn1c(SCC(=O)N[C@H](C)c2ccc(F)cc2F)nc2ncccc2c1=O. The van der Waals surface area contributed by atoms with Crippen LogP contribution in [0.15, 0.2) is 46.5 Å². The number of pyridine rings is 1. The summed E-state index contributed by atoms with van der Waals surface area (Å²) in [4.78, 5) is 33.9. The predicted octanol–water partition coefficient (Wildman–Crippen LogP) is 3.70. The maximum atomic E-state index is 13.9. The van der Waals surface area contributed by atoms with Crippen LogP contribution in [0, 0.1) is 17.6 Å². The van der Waals surface area contributed by atoms with Gasteiger partial charge in [0.1, 0.15) is 11.6 Å². The van der Waals surface area contributed by atoms with Crippen molar-refractivity contribution in [3.63, 3.8) is 0 Å². The Balaban J connectivity index is 1.77. The number of amides is 1.